The topological polar surface area (TPSA) is 362 Å². The van der Waals surface area contributed by atoms with Gasteiger partial charge in [0.05, 0.1) is 38.3 Å². The van der Waals surface area contributed by atoms with Gasteiger partial charge in [0, 0.05) is 19.0 Å². The normalized spacial score (nSPS) is 17.4. The summed E-state index contributed by atoms with van der Waals surface area (Å²) in [6.45, 7) is 19.9. The number of nitrogens with zero attached hydrogens (tertiary/aromatic N) is 4. The molecule has 2 heterocycles. The number of Topliss-reactive ketones (excluding diaryl/α,β-unsaturated/α-hetero) is 4. The standard InChI is InChI=1S/C41H54N6O9.C37H47N5O7.2C2H6/c1-6-16-30(35(50)37(52)42-23-32(49)44-33(26(2)48)28-19-12-8-13-20-28)43-36(51)31-25-46(24-27-17-10-7-11-18-27)40(55)47(31)38(53)34(29-21-14-9-15-22-29)45-39(54)56-41(3,4)5;1-4-14-29(33(45)35(47)38-21-31(44)40-32(25(3)43)28-19-12-7-13-20-28)39-34(46)30-23-41(22-26-15-8-5-9-16-26)37(49)42(30)36(48)24(2)27-17-10-6-11-18-27;2*1-2/h7-8,10-13,17-20,29-31,33-34H,6,9,14-16,21-25H2,1-5H3,(H,42,52)(H,43,51)(H,44,49)(H,45,54);5,7-9,12-13,15-16,19-20,24,27,29-30,32H,4,6,10-11,14,17-18,21-23H2,1-3H3,(H,38,47)(H,39,46)(H,40,44);2*1-2H3/t30?,31?,33-,34?;24?,29?,30?,32-;;/m11../s1. The van der Waals surface area contributed by atoms with Crippen LogP contribution >= 0.6 is 0 Å². The molecule has 2 saturated heterocycles. The molecule has 4 aromatic rings. The van der Waals surface area contributed by atoms with Crippen molar-refractivity contribution in [2.24, 2.45) is 17.8 Å². The van der Waals surface area contributed by atoms with E-state index in [0.29, 0.717) is 36.8 Å². The van der Waals surface area contributed by atoms with Crippen molar-refractivity contribution in [2.75, 3.05) is 26.2 Å². The second-order valence-corrected chi connectivity index (χ2v) is 28.3. The van der Waals surface area contributed by atoms with Gasteiger partial charge in [0.25, 0.3) is 17.7 Å². The van der Waals surface area contributed by atoms with Crippen LogP contribution in [0.4, 0.5) is 14.4 Å². The molecule has 27 heteroatoms. The van der Waals surface area contributed by atoms with E-state index in [0.717, 1.165) is 72.3 Å². The van der Waals surface area contributed by atoms with Crippen LogP contribution in [0.5, 0.6) is 0 Å². The summed E-state index contributed by atoms with van der Waals surface area (Å²) in [7, 11) is 0. The van der Waals surface area contributed by atoms with Gasteiger partial charge in [-0.3, -0.25) is 57.5 Å². The van der Waals surface area contributed by atoms with Crippen molar-refractivity contribution in [2.45, 2.75) is 234 Å². The first-order valence-corrected chi connectivity index (χ1v) is 38.4. The maximum atomic E-state index is 14.5. The van der Waals surface area contributed by atoms with Crippen LogP contribution in [0.3, 0.4) is 0 Å². The fourth-order valence-corrected chi connectivity index (χ4v) is 13.6. The van der Waals surface area contributed by atoms with E-state index in [1.54, 1.807) is 120 Å². The lowest BCUT2D eigenvalue weighted by molar-refractivity contribution is -0.142. The molecule has 2 aliphatic carbocycles. The first-order valence-electron chi connectivity index (χ1n) is 38.4. The molecule has 8 rings (SSSR count). The second-order valence-electron chi connectivity index (χ2n) is 28.3. The molecule has 2 aliphatic heterocycles. The summed E-state index contributed by atoms with van der Waals surface area (Å²) < 4.78 is 5.47. The quantitative estimate of drug-likeness (QED) is 0.0231. The number of urea groups is 2. The first kappa shape index (κ1) is 89.2. The van der Waals surface area contributed by atoms with E-state index in [9.17, 15) is 71.9 Å². The van der Waals surface area contributed by atoms with E-state index in [1.807, 2.05) is 71.0 Å². The van der Waals surface area contributed by atoms with Crippen molar-refractivity contribution < 1.29 is 76.7 Å². The van der Waals surface area contributed by atoms with Crippen molar-refractivity contribution in [3.63, 3.8) is 0 Å². The Kier molecular flexibility index (Phi) is 36.6. The van der Waals surface area contributed by atoms with Crippen molar-refractivity contribution in [3.8, 4) is 0 Å². The molecule has 0 bridgehead atoms. The maximum absolute atomic E-state index is 14.5. The number of nitrogens with one attached hydrogen (secondary N) is 7. The first-order chi connectivity index (χ1) is 52.1. The van der Waals surface area contributed by atoms with Gasteiger partial charge in [-0.25, -0.2) is 24.2 Å². The van der Waals surface area contributed by atoms with Crippen LogP contribution in [0, 0.1) is 17.8 Å². The Morgan fingerprint density at radius 2 is 0.817 bits per heavy atom. The van der Waals surface area contributed by atoms with Gasteiger partial charge in [0.1, 0.15) is 35.8 Å². The van der Waals surface area contributed by atoms with Crippen molar-refractivity contribution in [3.05, 3.63) is 144 Å². The summed E-state index contributed by atoms with van der Waals surface area (Å²) in [5.74, 6) is -9.67. The average molecular weight is 1510 g/mol. The van der Waals surface area contributed by atoms with Gasteiger partial charge in [0.2, 0.25) is 41.1 Å². The Morgan fingerprint density at radius 1 is 0.468 bits per heavy atom. The van der Waals surface area contributed by atoms with Gasteiger partial charge in [-0.15, -0.1) is 0 Å². The molecule has 7 N–H and O–H groups in total. The number of ether oxygens (including phenoxy) is 1. The molecule has 27 nitrogen and oxygen atoms in total. The predicted molar refractivity (Wildman–Crippen MR) is 410 cm³/mol. The molecule has 8 atom stereocenters. The summed E-state index contributed by atoms with van der Waals surface area (Å²) in [6, 6.07) is 25.9. The SMILES string of the molecule is CC.CC.CCCC(NC(=O)C1CN(Cc2ccccc2)C(=O)N1C(=O)C(C)C1CCCCC1)C(=O)C(=O)NCC(=O)N[C@H](C(C)=O)c1ccccc1.CCCC(NC(=O)C1CN(Cc2ccccc2)C(=O)N1C(=O)C(NC(=O)OC(C)(C)C)C1CCCCC1)C(=O)C(=O)NCC(=O)N[C@H](C(C)=O)c1ccccc1. The molecule has 6 unspecified atom stereocenters. The number of carbonyl (C=O) groups excluding carboxylic acids is 15. The Hall–Kier alpha value is -10.5. The van der Waals surface area contributed by atoms with Crippen LogP contribution in [-0.4, -0.2) is 170 Å². The summed E-state index contributed by atoms with van der Waals surface area (Å²) >= 11 is 0. The smallest absolute Gasteiger partial charge is 0.408 e. The summed E-state index contributed by atoms with van der Waals surface area (Å²) in [6.07, 6.45) is 8.82. The van der Waals surface area contributed by atoms with Crippen molar-refractivity contribution in [1.29, 1.82) is 0 Å². The average Bonchev–Trinajstić information content (AvgIpc) is 1.64. The molecule has 4 aliphatic rings. The maximum Gasteiger partial charge on any atom is 0.408 e. The van der Waals surface area contributed by atoms with Gasteiger partial charge in [-0.05, 0) is 107 Å². The van der Waals surface area contributed by atoms with E-state index < -0.39 is 144 Å². The second kappa shape index (κ2) is 44.7. The summed E-state index contributed by atoms with van der Waals surface area (Å²) in [4.78, 5) is 204. The van der Waals surface area contributed by atoms with Gasteiger partial charge < -0.3 is 51.8 Å². The Morgan fingerprint density at radius 3 is 1.17 bits per heavy atom. The lowest BCUT2D eigenvalue weighted by atomic mass is 9.80. The van der Waals surface area contributed by atoms with E-state index in [2.05, 4.69) is 37.2 Å². The minimum absolute atomic E-state index is 0.0395. The van der Waals surface area contributed by atoms with E-state index in [4.69, 9.17) is 4.74 Å². The Labute approximate surface area is 640 Å². The minimum atomic E-state index is -1.41. The third-order valence-corrected chi connectivity index (χ3v) is 19.1. The number of amides is 13. The Balaban J connectivity index is 0.000000376. The van der Waals surface area contributed by atoms with Crippen LogP contribution in [0.1, 0.15) is 207 Å². The zero-order valence-corrected chi connectivity index (χ0v) is 65.3. The zero-order valence-electron chi connectivity index (χ0n) is 65.3. The molecule has 0 radical (unpaired) electrons. The van der Waals surface area contributed by atoms with Gasteiger partial charge in [-0.1, -0.05) is 221 Å². The third kappa shape index (κ3) is 26.7. The number of hydrogen-bond acceptors (Lipinski definition) is 16. The number of rotatable bonds is 31. The molecular formula is C82H113N11O16. The summed E-state index contributed by atoms with van der Waals surface area (Å²) in [5.41, 5.74) is 1.85. The van der Waals surface area contributed by atoms with Crippen molar-refractivity contribution in [1.82, 2.24) is 56.8 Å². The Bertz CT molecular complexity index is 3730. The molecule has 4 fully saturated rings. The molecule has 0 spiro atoms. The van der Waals surface area contributed by atoms with Crippen LogP contribution in [0.25, 0.3) is 0 Å². The van der Waals surface area contributed by atoms with Crippen LogP contribution in [0.2, 0.25) is 0 Å². The molecule has 0 aromatic heterocycles. The highest BCUT2D eigenvalue weighted by molar-refractivity contribution is 6.39. The van der Waals surface area contributed by atoms with Gasteiger partial charge in [0.15, 0.2) is 11.6 Å². The number of benzene rings is 4. The number of carbonyl (C=O) groups is 15. The molecule has 13 amide bonds. The van der Waals surface area contributed by atoms with Crippen molar-refractivity contribution >= 4 is 88.5 Å². The van der Waals surface area contributed by atoms with Crippen LogP contribution < -0.4 is 37.2 Å². The molecule has 592 valence electrons. The van der Waals surface area contributed by atoms with E-state index >= 15 is 0 Å². The minimum Gasteiger partial charge on any atom is -0.444 e. The fraction of sp³-hybridized carbons (Fsp3) is 0.524. The number of ketones is 4. The fourth-order valence-electron chi connectivity index (χ4n) is 13.6. The lowest BCUT2D eigenvalue weighted by Crippen LogP contribution is -2.59. The highest BCUT2D eigenvalue weighted by Gasteiger charge is 2.51. The van der Waals surface area contributed by atoms with E-state index in [1.165, 1.54) is 23.6 Å². The summed E-state index contributed by atoms with van der Waals surface area (Å²) in [5, 5.41) is 17.6. The number of hydrogen-bond donors (Lipinski definition) is 7. The largest absolute Gasteiger partial charge is 0.444 e. The molecule has 109 heavy (non-hydrogen) atoms. The molecule has 2 saturated carbocycles. The molecule has 4 aromatic carbocycles. The third-order valence-electron chi connectivity index (χ3n) is 19.1. The van der Waals surface area contributed by atoms with Crippen LogP contribution in [-0.2, 0) is 75.4 Å². The van der Waals surface area contributed by atoms with E-state index in [-0.39, 0.29) is 62.4 Å². The number of alkyl carbamates (subject to hydrolysis) is 1. The monoisotopic (exact) mass is 1510 g/mol. The number of imide groups is 2. The lowest BCUT2D eigenvalue weighted by Gasteiger charge is -2.34. The van der Waals surface area contributed by atoms with Crippen LogP contribution in [0.15, 0.2) is 121 Å². The van der Waals surface area contributed by atoms with Gasteiger partial charge >= 0.3 is 18.2 Å². The zero-order chi connectivity index (χ0) is 80.5. The van der Waals surface area contributed by atoms with Gasteiger partial charge in [-0.2, -0.15) is 0 Å². The predicted octanol–water partition coefficient (Wildman–Crippen LogP) is 9.21. The highest BCUT2D eigenvalue weighted by atomic mass is 16.6. The highest BCUT2D eigenvalue weighted by Crippen LogP contribution is 2.34. The molecular weight excluding hydrogens is 1390 g/mol.